The van der Waals surface area contributed by atoms with Gasteiger partial charge in [-0.05, 0) is 40.5 Å². The fraction of sp³-hybridized carbons (Fsp3) is 0.0909. The van der Waals surface area contributed by atoms with Crippen LogP contribution in [0.2, 0.25) is 0 Å². The van der Waals surface area contributed by atoms with Crippen molar-refractivity contribution in [3.63, 3.8) is 0 Å². The Morgan fingerprint density at radius 3 is 2.88 bits per heavy atom. The summed E-state index contributed by atoms with van der Waals surface area (Å²) in [4.78, 5) is 11.8. The number of nitrogens with one attached hydrogen (secondary N) is 2. The van der Waals surface area contributed by atoms with Crippen LogP contribution in [0.25, 0.3) is 0 Å². The number of carbonyl (C=O) groups is 1. The maximum atomic E-state index is 11.8. The van der Waals surface area contributed by atoms with E-state index in [1.807, 2.05) is 13.0 Å². The molecule has 6 heteroatoms. The van der Waals surface area contributed by atoms with E-state index in [4.69, 9.17) is 5.73 Å². The Morgan fingerprint density at radius 1 is 1.53 bits per heavy atom. The molecule has 0 atom stereocenters. The average Bonchev–Trinajstić information content (AvgIpc) is 2.76. The predicted molar refractivity (Wildman–Crippen MR) is 69.8 cm³/mol. The first-order chi connectivity index (χ1) is 8.08. The number of aromatic amines is 1. The molecule has 1 aromatic carbocycles. The van der Waals surface area contributed by atoms with Gasteiger partial charge >= 0.3 is 0 Å². The normalized spacial score (nSPS) is 10.2. The minimum atomic E-state index is -0.255. The fourth-order valence-corrected chi connectivity index (χ4v) is 2.15. The van der Waals surface area contributed by atoms with Crippen LogP contribution < -0.4 is 11.1 Å². The maximum absolute atomic E-state index is 11.8. The molecule has 0 radical (unpaired) electrons. The quantitative estimate of drug-likeness (QED) is 0.743. The summed E-state index contributed by atoms with van der Waals surface area (Å²) in [5, 5.41) is 9.03. The van der Waals surface area contributed by atoms with Gasteiger partial charge in [0.05, 0.1) is 23.1 Å². The zero-order valence-corrected chi connectivity index (χ0v) is 10.7. The molecule has 1 heterocycles. The zero-order chi connectivity index (χ0) is 12.4. The Bertz CT molecular complexity index is 528. The summed E-state index contributed by atoms with van der Waals surface area (Å²) in [5.74, 6) is -0.255. The minimum Gasteiger partial charge on any atom is -0.397 e. The van der Waals surface area contributed by atoms with Gasteiger partial charge in [-0.15, -0.1) is 0 Å². The number of H-pyrrole nitrogens is 1. The van der Waals surface area contributed by atoms with Gasteiger partial charge in [-0.2, -0.15) is 5.10 Å². The molecule has 0 spiro atoms. The number of nitrogens with two attached hydrogens (primary N) is 1. The molecule has 0 aliphatic carbocycles. The van der Waals surface area contributed by atoms with Crippen molar-refractivity contribution in [3.8, 4) is 0 Å². The Kier molecular flexibility index (Phi) is 3.14. The first-order valence-electron chi connectivity index (χ1n) is 4.93. The number of nitrogens with zero attached hydrogens (tertiary/aromatic N) is 1. The second kappa shape index (κ2) is 4.58. The molecule has 1 aromatic heterocycles. The summed E-state index contributed by atoms with van der Waals surface area (Å²) in [5.41, 5.74) is 8.43. The molecule has 17 heavy (non-hydrogen) atoms. The van der Waals surface area contributed by atoms with Gasteiger partial charge in [-0.25, -0.2) is 0 Å². The number of amides is 1. The molecule has 5 nitrogen and oxygen atoms in total. The van der Waals surface area contributed by atoms with E-state index >= 15 is 0 Å². The summed E-state index contributed by atoms with van der Waals surface area (Å²) in [6.07, 6.45) is 2.97. The standard InChI is InChI=1S/C11H11BrN4O/c1-6-2-8(12)10(9(13)3-6)16-11(17)7-4-14-15-5-7/h2-5H,13H2,1H3,(H,14,15)(H,16,17). The van der Waals surface area contributed by atoms with Gasteiger partial charge in [-0.3, -0.25) is 9.89 Å². The van der Waals surface area contributed by atoms with Crippen LogP contribution in [0.3, 0.4) is 0 Å². The largest absolute Gasteiger partial charge is 0.397 e. The minimum absolute atomic E-state index is 0.255. The van der Waals surface area contributed by atoms with Crippen molar-refractivity contribution in [2.75, 3.05) is 11.1 Å². The lowest BCUT2D eigenvalue weighted by Crippen LogP contribution is -2.13. The molecular weight excluding hydrogens is 284 g/mol. The third-order valence-electron chi connectivity index (χ3n) is 2.26. The van der Waals surface area contributed by atoms with Crippen LogP contribution in [0.4, 0.5) is 11.4 Å². The van der Waals surface area contributed by atoms with E-state index in [9.17, 15) is 4.79 Å². The fourth-order valence-electron chi connectivity index (χ4n) is 1.46. The van der Waals surface area contributed by atoms with Crippen molar-refractivity contribution < 1.29 is 4.79 Å². The van der Waals surface area contributed by atoms with Crippen LogP contribution in [0.1, 0.15) is 15.9 Å². The number of benzene rings is 1. The van der Waals surface area contributed by atoms with Crippen LogP contribution in [0.15, 0.2) is 29.0 Å². The van der Waals surface area contributed by atoms with Gasteiger partial charge in [0.2, 0.25) is 0 Å². The lowest BCUT2D eigenvalue weighted by Gasteiger charge is -2.10. The second-order valence-corrected chi connectivity index (χ2v) is 4.51. The van der Waals surface area contributed by atoms with Crippen molar-refractivity contribution >= 4 is 33.2 Å². The predicted octanol–water partition coefficient (Wildman–Crippen LogP) is 2.32. The van der Waals surface area contributed by atoms with Crippen LogP contribution in [-0.4, -0.2) is 16.1 Å². The number of hydrogen-bond donors (Lipinski definition) is 3. The van der Waals surface area contributed by atoms with Crippen LogP contribution in [0.5, 0.6) is 0 Å². The molecule has 1 amide bonds. The Labute approximate surface area is 107 Å². The first-order valence-corrected chi connectivity index (χ1v) is 5.73. The zero-order valence-electron chi connectivity index (χ0n) is 9.12. The van der Waals surface area contributed by atoms with Crippen LogP contribution in [0, 0.1) is 6.92 Å². The first kappa shape index (κ1) is 11.7. The smallest absolute Gasteiger partial charge is 0.258 e. The van der Waals surface area contributed by atoms with E-state index in [1.54, 1.807) is 6.07 Å². The highest BCUT2D eigenvalue weighted by Crippen LogP contribution is 2.30. The van der Waals surface area contributed by atoms with E-state index in [-0.39, 0.29) is 5.91 Å². The summed E-state index contributed by atoms with van der Waals surface area (Å²) < 4.78 is 0.756. The van der Waals surface area contributed by atoms with Crippen LogP contribution in [-0.2, 0) is 0 Å². The highest BCUT2D eigenvalue weighted by molar-refractivity contribution is 9.10. The Balaban J connectivity index is 2.28. The van der Waals surface area contributed by atoms with Crippen molar-refractivity contribution in [2.45, 2.75) is 6.92 Å². The number of anilines is 2. The number of hydrogen-bond acceptors (Lipinski definition) is 3. The molecule has 4 N–H and O–H groups in total. The third-order valence-corrected chi connectivity index (χ3v) is 2.89. The van der Waals surface area contributed by atoms with Crippen molar-refractivity contribution in [3.05, 3.63) is 40.1 Å². The molecule has 88 valence electrons. The summed E-state index contributed by atoms with van der Waals surface area (Å²) >= 11 is 3.37. The molecular formula is C11H11BrN4O. The number of nitrogen functional groups attached to an aromatic ring is 1. The molecule has 0 aliphatic rings. The van der Waals surface area contributed by atoms with E-state index in [1.165, 1.54) is 12.4 Å². The van der Waals surface area contributed by atoms with E-state index in [0.717, 1.165) is 10.0 Å². The average molecular weight is 295 g/mol. The lowest BCUT2D eigenvalue weighted by atomic mass is 10.2. The van der Waals surface area contributed by atoms with Crippen molar-refractivity contribution in [1.82, 2.24) is 10.2 Å². The van der Waals surface area contributed by atoms with E-state index < -0.39 is 0 Å². The molecule has 0 bridgehead atoms. The van der Waals surface area contributed by atoms with Gasteiger partial charge in [0, 0.05) is 10.7 Å². The summed E-state index contributed by atoms with van der Waals surface area (Å²) in [6, 6.07) is 3.69. The maximum Gasteiger partial charge on any atom is 0.258 e. The number of aryl methyl sites for hydroxylation is 1. The topological polar surface area (TPSA) is 83.8 Å². The molecule has 0 aliphatic heterocycles. The second-order valence-electron chi connectivity index (χ2n) is 3.65. The van der Waals surface area contributed by atoms with Gasteiger partial charge in [0.25, 0.3) is 5.91 Å². The van der Waals surface area contributed by atoms with E-state index in [0.29, 0.717) is 16.9 Å². The number of halogens is 1. The van der Waals surface area contributed by atoms with E-state index in [2.05, 4.69) is 31.4 Å². The molecule has 0 unspecified atom stereocenters. The number of rotatable bonds is 2. The van der Waals surface area contributed by atoms with Crippen LogP contribution >= 0.6 is 15.9 Å². The van der Waals surface area contributed by atoms with Gasteiger partial charge in [-0.1, -0.05) is 0 Å². The molecule has 0 fully saturated rings. The molecule has 0 saturated heterocycles. The molecule has 0 saturated carbocycles. The highest BCUT2D eigenvalue weighted by atomic mass is 79.9. The lowest BCUT2D eigenvalue weighted by molar-refractivity contribution is 0.102. The van der Waals surface area contributed by atoms with Gasteiger partial charge < -0.3 is 11.1 Å². The third kappa shape index (κ3) is 2.47. The summed E-state index contributed by atoms with van der Waals surface area (Å²) in [7, 11) is 0. The Hall–Kier alpha value is -1.82. The van der Waals surface area contributed by atoms with Crippen molar-refractivity contribution in [2.24, 2.45) is 0 Å². The molecule has 2 rings (SSSR count). The van der Waals surface area contributed by atoms with Gasteiger partial charge in [0.1, 0.15) is 0 Å². The Morgan fingerprint density at radius 2 is 2.29 bits per heavy atom. The molecule has 2 aromatic rings. The number of aromatic nitrogens is 2. The highest BCUT2D eigenvalue weighted by Gasteiger charge is 2.12. The van der Waals surface area contributed by atoms with Crippen molar-refractivity contribution in [1.29, 1.82) is 0 Å². The monoisotopic (exact) mass is 294 g/mol. The SMILES string of the molecule is Cc1cc(N)c(NC(=O)c2cn[nH]c2)c(Br)c1. The summed E-state index contributed by atoms with van der Waals surface area (Å²) in [6.45, 7) is 1.93. The van der Waals surface area contributed by atoms with Gasteiger partial charge in [0.15, 0.2) is 0 Å². The number of carbonyl (C=O) groups excluding carboxylic acids is 1.